The molecule has 0 N–H and O–H groups in total. The lowest BCUT2D eigenvalue weighted by atomic mass is 10.1. The third kappa shape index (κ3) is 4.28. The number of ether oxygens (including phenoxy) is 1. The minimum Gasteiger partial charge on any atom is -0.483 e. The molecule has 0 radical (unpaired) electrons. The summed E-state index contributed by atoms with van der Waals surface area (Å²) in [5.74, 6) is -1.54. The molecule has 122 valence electrons. The fourth-order valence-corrected chi connectivity index (χ4v) is 2.41. The Kier molecular flexibility index (Phi) is 5.71. The van der Waals surface area contributed by atoms with Crippen molar-refractivity contribution in [3.63, 3.8) is 0 Å². The minimum atomic E-state index is -0.931. The molecular weight excluding hydrogens is 368 g/mol. The van der Waals surface area contributed by atoms with Crippen LogP contribution >= 0.6 is 15.9 Å². The summed E-state index contributed by atoms with van der Waals surface area (Å²) in [7, 11) is 1.59. The van der Waals surface area contributed by atoms with Gasteiger partial charge in [-0.3, -0.25) is 4.79 Å². The van der Waals surface area contributed by atoms with Crippen molar-refractivity contribution in [1.29, 1.82) is 0 Å². The zero-order valence-electron chi connectivity index (χ0n) is 12.7. The monoisotopic (exact) mass is 383 g/mol. The van der Waals surface area contributed by atoms with Gasteiger partial charge in [0.05, 0.1) is 10.5 Å². The van der Waals surface area contributed by atoms with E-state index in [-0.39, 0.29) is 12.5 Å². The van der Waals surface area contributed by atoms with Gasteiger partial charge >= 0.3 is 0 Å². The number of carbonyl (C=O) groups is 1. The van der Waals surface area contributed by atoms with Gasteiger partial charge in [-0.1, -0.05) is 18.2 Å². The van der Waals surface area contributed by atoms with E-state index in [0.29, 0.717) is 11.3 Å². The van der Waals surface area contributed by atoms with Crippen LogP contribution in [-0.2, 0) is 4.79 Å². The summed E-state index contributed by atoms with van der Waals surface area (Å²) in [4.78, 5) is 13.6. The Balaban J connectivity index is 2.01. The third-order valence-corrected chi connectivity index (χ3v) is 4.24. The summed E-state index contributed by atoms with van der Waals surface area (Å²) in [6.45, 7) is 1.59. The average molecular weight is 384 g/mol. The van der Waals surface area contributed by atoms with Crippen LogP contribution in [0.25, 0.3) is 0 Å². The molecule has 0 aliphatic heterocycles. The summed E-state index contributed by atoms with van der Waals surface area (Å²) in [6, 6.07) is 10.4. The molecule has 1 atom stereocenters. The quantitative estimate of drug-likeness (QED) is 0.768. The summed E-state index contributed by atoms with van der Waals surface area (Å²) >= 11 is 3.34. The first kappa shape index (κ1) is 17.4. The van der Waals surface area contributed by atoms with Gasteiger partial charge in [-0.05, 0) is 52.7 Å². The summed E-state index contributed by atoms with van der Waals surface area (Å²) in [6.07, 6.45) is 0. The molecule has 2 aromatic carbocycles. The van der Waals surface area contributed by atoms with Crippen LogP contribution in [0.15, 0.2) is 46.9 Å². The van der Waals surface area contributed by atoms with Crippen LogP contribution < -0.4 is 4.74 Å². The molecule has 0 aromatic heterocycles. The van der Waals surface area contributed by atoms with Gasteiger partial charge in [0, 0.05) is 7.05 Å². The van der Waals surface area contributed by atoms with Crippen LogP contribution in [0.5, 0.6) is 5.75 Å². The van der Waals surface area contributed by atoms with E-state index < -0.39 is 17.7 Å². The Bertz CT molecular complexity index is 709. The molecule has 0 aliphatic rings. The van der Waals surface area contributed by atoms with Gasteiger partial charge in [-0.25, -0.2) is 8.78 Å². The van der Waals surface area contributed by atoms with E-state index in [1.165, 1.54) is 11.0 Å². The van der Waals surface area contributed by atoms with Crippen molar-refractivity contribution in [2.45, 2.75) is 13.0 Å². The van der Waals surface area contributed by atoms with Gasteiger partial charge in [0.25, 0.3) is 5.91 Å². The Morgan fingerprint density at radius 2 is 1.91 bits per heavy atom. The number of para-hydroxylation sites is 1. The van der Waals surface area contributed by atoms with Crippen molar-refractivity contribution in [3.8, 4) is 5.75 Å². The van der Waals surface area contributed by atoms with Crippen LogP contribution in [0.4, 0.5) is 8.78 Å². The number of likely N-dealkylation sites (N-methyl/N-ethyl adjacent to an activating group) is 1. The fraction of sp³-hybridized carbons (Fsp3) is 0.235. The lowest BCUT2D eigenvalue weighted by Crippen LogP contribution is -2.33. The van der Waals surface area contributed by atoms with Crippen molar-refractivity contribution in [3.05, 3.63) is 64.1 Å². The van der Waals surface area contributed by atoms with E-state index in [1.807, 2.05) is 12.1 Å². The maximum Gasteiger partial charge on any atom is 0.260 e. The number of nitrogens with zero attached hydrogens (tertiary/aromatic N) is 1. The molecule has 0 saturated heterocycles. The Labute approximate surface area is 142 Å². The first-order valence-electron chi connectivity index (χ1n) is 6.98. The first-order chi connectivity index (χ1) is 10.9. The second-order valence-electron chi connectivity index (χ2n) is 5.07. The van der Waals surface area contributed by atoms with E-state index in [9.17, 15) is 13.6 Å². The lowest BCUT2D eigenvalue weighted by Gasteiger charge is -2.25. The van der Waals surface area contributed by atoms with Gasteiger partial charge in [-0.2, -0.15) is 0 Å². The van der Waals surface area contributed by atoms with Crippen LogP contribution in [0.1, 0.15) is 18.5 Å². The molecule has 0 heterocycles. The minimum absolute atomic E-state index is 0.146. The van der Waals surface area contributed by atoms with Gasteiger partial charge < -0.3 is 9.64 Å². The van der Waals surface area contributed by atoms with E-state index in [0.717, 1.165) is 16.6 Å². The van der Waals surface area contributed by atoms with Crippen molar-refractivity contribution in [2.24, 2.45) is 0 Å². The van der Waals surface area contributed by atoms with Crippen LogP contribution in [0.3, 0.4) is 0 Å². The largest absolute Gasteiger partial charge is 0.483 e. The number of carbonyl (C=O) groups excluding carboxylic acids is 1. The van der Waals surface area contributed by atoms with E-state index >= 15 is 0 Å². The van der Waals surface area contributed by atoms with Gasteiger partial charge in [0.15, 0.2) is 18.2 Å². The molecule has 2 aromatic rings. The zero-order chi connectivity index (χ0) is 17.0. The summed E-state index contributed by atoms with van der Waals surface area (Å²) in [5, 5.41) is 0. The Hall–Kier alpha value is -1.95. The lowest BCUT2D eigenvalue weighted by molar-refractivity contribution is -0.134. The smallest absolute Gasteiger partial charge is 0.260 e. The highest BCUT2D eigenvalue weighted by Gasteiger charge is 2.19. The number of hydrogen-bond donors (Lipinski definition) is 0. The zero-order valence-corrected chi connectivity index (χ0v) is 14.3. The highest BCUT2D eigenvalue weighted by Crippen LogP contribution is 2.24. The Morgan fingerprint density at radius 1 is 1.22 bits per heavy atom. The highest BCUT2D eigenvalue weighted by molar-refractivity contribution is 9.10. The third-order valence-electron chi connectivity index (χ3n) is 3.59. The number of amides is 1. The topological polar surface area (TPSA) is 29.5 Å². The number of hydrogen-bond acceptors (Lipinski definition) is 2. The molecule has 2 rings (SSSR count). The molecule has 0 aliphatic carbocycles. The van der Waals surface area contributed by atoms with E-state index in [4.69, 9.17) is 4.74 Å². The average Bonchev–Trinajstić information content (AvgIpc) is 2.55. The van der Waals surface area contributed by atoms with Crippen molar-refractivity contribution in [1.82, 2.24) is 4.90 Å². The van der Waals surface area contributed by atoms with Crippen molar-refractivity contribution >= 4 is 21.8 Å². The van der Waals surface area contributed by atoms with Crippen LogP contribution in [-0.4, -0.2) is 24.5 Å². The summed E-state index contributed by atoms with van der Waals surface area (Å²) < 4.78 is 32.5. The molecule has 3 nitrogen and oxygen atoms in total. The van der Waals surface area contributed by atoms with Crippen molar-refractivity contribution < 1.29 is 18.3 Å². The molecule has 1 unspecified atom stereocenters. The number of halogens is 3. The molecule has 0 fully saturated rings. The number of benzene rings is 2. The molecule has 0 spiro atoms. The maximum atomic E-state index is 13.3. The predicted octanol–water partition coefficient (Wildman–Crippen LogP) is 4.33. The van der Waals surface area contributed by atoms with E-state index in [1.54, 1.807) is 26.1 Å². The first-order valence-corrected chi connectivity index (χ1v) is 7.77. The Morgan fingerprint density at radius 3 is 2.57 bits per heavy atom. The number of rotatable bonds is 5. The molecule has 1 amide bonds. The SMILES string of the molecule is CC(c1ccc(F)c(F)c1)N(C)C(=O)COc1ccccc1Br. The second kappa shape index (κ2) is 7.55. The molecule has 6 heteroatoms. The normalized spacial score (nSPS) is 11.9. The van der Waals surface area contributed by atoms with Crippen molar-refractivity contribution in [2.75, 3.05) is 13.7 Å². The predicted molar refractivity (Wildman–Crippen MR) is 87.2 cm³/mol. The van der Waals surface area contributed by atoms with E-state index in [2.05, 4.69) is 15.9 Å². The molecule has 23 heavy (non-hydrogen) atoms. The standard InChI is InChI=1S/C17H16BrF2NO2/c1-11(12-7-8-14(19)15(20)9-12)21(2)17(22)10-23-16-6-4-3-5-13(16)18/h3-9,11H,10H2,1-2H3. The molecular formula is C17H16BrF2NO2. The highest BCUT2D eigenvalue weighted by atomic mass is 79.9. The fourth-order valence-electron chi connectivity index (χ4n) is 2.01. The van der Waals surface area contributed by atoms with Gasteiger partial charge in [0.2, 0.25) is 0 Å². The van der Waals surface area contributed by atoms with Crippen LogP contribution in [0.2, 0.25) is 0 Å². The molecule has 0 bridgehead atoms. The van der Waals surface area contributed by atoms with Gasteiger partial charge in [-0.15, -0.1) is 0 Å². The van der Waals surface area contributed by atoms with Crippen LogP contribution in [0, 0.1) is 11.6 Å². The second-order valence-corrected chi connectivity index (χ2v) is 5.93. The molecule has 0 saturated carbocycles. The summed E-state index contributed by atoms with van der Waals surface area (Å²) in [5.41, 5.74) is 0.514. The van der Waals surface area contributed by atoms with Gasteiger partial charge in [0.1, 0.15) is 5.75 Å². The maximum absolute atomic E-state index is 13.3.